The third kappa shape index (κ3) is 3.94. The predicted octanol–water partition coefficient (Wildman–Crippen LogP) is 3.48. The zero-order chi connectivity index (χ0) is 18.0. The lowest BCUT2D eigenvalue weighted by Crippen LogP contribution is -2.35. The Morgan fingerprint density at radius 2 is 1.72 bits per heavy atom. The Bertz CT molecular complexity index is 942. The van der Waals surface area contributed by atoms with E-state index in [9.17, 15) is 13.2 Å². The molecule has 3 aromatic rings. The van der Waals surface area contributed by atoms with Crippen molar-refractivity contribution in [2.45, 2.75) is 6.18 Å². The fraction of sp³-hybridized carbons (Fsp3) is 0.0625. The maximum absolute atomic E-state index is 13.1. The number of rotatable bonds is 3. The minimum Gasteiger partial charge on any atom is -0.375 e. The number of halogens is 3. The zero-order valence-corrected chi connectivity index (χ0v) is 13.4. The van der Waals surface area contributed by atoms with E-state index in [1.165, 1.54) is 0 Å². The van der Waals surface area contributed by atoms with Gasteiger partial charge in [-0.25, -0.2) is 9.97 Å². The molecule has 3 rings (SSSR count). The van der Waals surface area contributed by atoms with Crippen molar-refractivity contribution in [1.29, 1.82) is 0 Å². The molecule has 0 radical (unpaired) electrons. The number of benzene rings is 2. The molecule has 0 bridgehead atoms. The highest BCUT2D eigenvalue weighted by molar-refractivity contribution is 7.80. The topological polar surface area (TPSA) is 75.9 Å². The molecule has 0 spiro atoms. The molecule has 1 heterocycles. The van der Waals surface area contributed by atoms with Crippen LogP contribution in [0.1, 0.15) is 5.69 Å². The molecular formula is C16H12F3N5S. The summed E-state index contributed by atoms with van der Waals surface area (Å²) in [6.07, 6.45) is -4.62. The normalized spacial score (nSPS) is 11.3. The van der Waals surface area contributed by atoms with Gasteiger partial charge in [0.15, 0.2) is 10.8 Å². The summed E-state index contributed by atoms with van der Waals surface area (Å²) in [5, 5.41) is 1.72. The zero-order valence-electron chi connectivity index (χ0n) is 12.6. The van der Waals surface area contributed by atoms with E-state index in [0.717, 1.165) is 16.8 Å². The molecule has 25 heavy (non-hydrogen) atoms. The van der Waals surface area contributed by atoms with Crippen LogP contribution < -0.4 is 16.6 Å². The van der Waals surface area contributed by atoms with Gasteiger partial charge < -0.3 is 5.73 Å². The number of nitrogens with one attached hydrogen (secondary N) is 2. The summed E-state index contributed by atoms with van der Waals surface area (Å²) in [6.45, 7) is 0. The Morgan fingerprint density at radius 3 is 2.40 bits per heavy atom. The standard InChI is InChI=1S/C16H12F3N5S/c17-16(18,19)13-8-12(21-15(22-13)24-23-14(20)25)11-6-5-9-3-1-2-4-10(9)7-11/h1-8H,(H3,20,23,25)(H,21,22,24). The summed E-state index contributed by atoms with van der Waals surface area (Å²) in [6, 6.07) is 13.7. The number of alkyl halides is 3. The van der Waals surface area contributed by atoms with Gasteiger partial charge in [0, 0.05) is 5.56 Å². The highest BCUT2D eigenvalue weighted by atomic mass is 32.1. The van der Waals surface area contributed by atoms with Gasteiger partial charge in [0.2, 0.25) is 5.95 Å². The lowest BCUT2D eigenvalue weighted by atomic mass is 10.0. The largest absolute Gasteiger partial charge is 0.433 e. The van der Waals surface area contributed by atoms with E-state index < -0.39 is 11.9 Å². The van der Waals surface area contributed by atoms with Crippen LogP contribution in [0.2, 0.25) is 0 Å². The number of fused-ring (bicyclic) bond motifs is 1. The minimum absolute atomic E-state index is 0.125. The van der Waals surface area contributed by atoms with Crippen molar-refractivity contribution in [3.05, 3.63) is 54.2 Å². The molecule has 0 aliphatic rings. The van der Waals surface area contributed by atoms with E-state index in [-0.39, 0.29) is 16.8 Å². The van der Waals surface area contributed by atoms with E-state index in [2.05, 4.69) is 33.0 Å². The number of hydrazine groups is 1. The number of hydrogen-bond acceptors (Lipinski definition) is 4. The van der Waals surface area contributed by atoms with Crippen molar-refractivity contribution in [2.75, 3.05) is 5.43 Å². The third-order valence-corrected chi connectivity index (χ3v) is 3.46. The van der Waals surface area contributed by atoms with Gasteiger partial charge in [0.25, 0.3) is 0 Å². The van der Waals surface area contributed by atoms with Gasteiger partial charge in [-0.05, 0) is 35.1 Å². The molecule has 0 atom stereocenters. The van der Waals surface area contributed by atoms with E-state index in [4.69, 9.17) is 5.73 Å². The Labute approximate surface area is 146 Å². The third-order valence-electron chi connectivity index (χ3n) is 3.36. The maximum Gasteiger partial charge on any atom is 0.433 e. The van der Waals surface area contributed by atoms with Crippen LogP contribution >= 0.6 is 12.2 Å². The maximum atomic E-state index is 13.1. The van der Waals surface area contributed by atoms with Crippen molar-refractivity contribution < 1.29 is 13.2 Å². The summed E-state index contributed by atoms with van der Waals surface area (Å²) in [4.78, 5) is 7.54. The first-order valence-corrected chi connectivity index (χ1v) is 7.51. The molecule has 0 aliphatic carbocycles. The van der Waals surface area contributed by atoms with Crippen molar-refractivity contribution in [2.24, 2.45) is 5.73 Å². The minimum atomic E-state index is -4.62. The van der Waals surface area contributed by atoms with E-state index in [1.807, 2.05) is 30.3 Å². The highest BCUT2D eigenvalue weighted by Gasteiger charge is 2.33. The van der Waals surface area contributed by atoms with Gasteiger partial charge in [-0.1, -0.05) is 36.4 Å². The summed E-state index contributed by atoms with van der Waals surface area (Å²) in [5.41, 5.74) is 9.52. The Balaban J connectivity index is 2.08. The van der Waals surface area contributed by atoms with Gasteiger partial charge in [0.1, 0.15) is 0 Å². The fourth-order valence-corrected chi connectivity index (χ4v) is 2.31. The first-order valence-electron chi connectivity index (χ1n) is 7.10. The molecule has 0 saturated carbocycles. The number of hydrogen-bond donors (Lipinski definition) is 3. The molecule has 0 amide bonds. The van der Waals surface area contributed by atoms with Crippen molar-refractivity contribution >= 4 is 34.1 Å². The number of anilines is 1. The second kappa shape index (κ2) is 6.52. The molecule has 0 aliphatic heterocycles. The Hall–Kier alpha value is -2.94. The second-order valence-electron chi connectivity index (χ2n) is 5.14. The van der Waals surface area contributed by atoms with Crippen LogP contribution in [0.5, 0.6) is 0 Å². The van der Waals surface area contributed by atoms with Crippen LogP contribution in [-0.2, 0) is 6.18 Å². The molecule has 0 unspecified atom stereocenters. The summed E-state index contributed by atoms with van der Waals surface area (Å²) in [5.74, 6) is -0.286. The number of nitrogens with two attached hydrogens (primary N) is 1. The molecule has 128 valence electrons. The highest BCUT2D eigenvalue weighted by Crippen LogP contribution is 2.31. The second-order valence-corrected chi connectivity index (χ2v) is 5.58. The van der Waals surface area contributed by atoms with Crippen LogP contribution in [0.4, 0.5) is 19.1 Å². The van der Waals surface area contributed by atoms with E-state index in [1.54, 1.807) is 12.1 Å². The van der Waals surface area contributed by atoms with Gasteiger partial charge in [-0.3, -0.25) is 10.9 Å². The van der Waals surface area contributed by atoms with Crippen LogP contribution in [0, 0.1) is 0 Å². The Morgan fingerprint density at radius 1 is 1.00 bits per heavy atom. The SMILES string of the molecule is NC(=S)NNc1nc(-c2ccc3ccccc3c2)cc(C(F)(F)F)n1. The van der Waals surface area contributed by atoms with Gasteiger partial charge >= 0.3 is 6.18 Å². The molecule has 1 aromatic heterocycles. The van der Waals surface area contributed by atoms with Crippen molar-refractivity contribution in [3.8, 4) is 11.3 Å². The summed E-state index contributed by atoms with van der Waals surface area (Å²) in [7, 11) is 0. The van der Waals surface area contributed by atoms with Crippen molar-refractivity contribution in [1.82, 2.24) is 15.4 Å². The van der Waals surface area contributed by atoms with Gasteiger partial charge in [-0.2, -0.15) is 13.2 Å². The molecular weight excluding hydrogens is 351 g/mol. The van der Waals surface area contributed by atoms with E-state index >= 15 is 0 Å². The number of nitrogens with zero attached hydrogens (tertiary/aromatic N) is 2. The monoisotopic (exact) mass is 363 g/mol. The van der Waals surface area contributed by atoms with Gasteiger partial charge in [-0.15, -0.1) is 0 Å². The summed E-state index contributed by atoms with van der Waals surface area (Å²) >= 11 is 4.61. The average molecular weight is 363 g/mol. The molecule has 2 aromatic carbocycles. The predicted molar refractivity (Wildman–Crippen MR) is 93.5 cm³/mol. The first kappa shape index (κ1) is 16.9. The van der Waals surface area contributed by atoms with Crippen LogP contribution in [0.3, 0.4) is 0 Å². The van der Waals surface area contributed by atoms with Crippen molar-refractivity contribution in [3.63, 3.8) is 0 Å². The smallest absolute Gasteiger partial charge is 0.375 e. The molecule has 0 fully saturated rings. The molecule has 5 nitrogen and oxygen atoms in total. The number of aromatic nitrogens is 2. The van der Waals surface area contributed by atoms with Crippen LogP contribution in [0.15, 0.2) is 48.5 Å². The molecule has 0 saturated heterocycles. The average Bonchev–Trinajstić information content (AvgIpc) is 2.58. The van der Waals surface area contributed by atoms with E-state index in [0.29, 0.717) is 5.56 Å². The lowest BCUT2D eigenvalue weighted by molar-refractivity contribution is -0.141. The summed E-state index contributed by atoms with van der Waals surface area (Å²) < 4.78 is 39.4. The van der Waals surface area contributed by atoms with Crippen LogP contribution in [0.25, 0.3) is 22.0 Å². The molecule has 4 N–H and O–H groups in total. The van der Waals surface area contributed by atoms with Crippen LogP contribution in [-0.4, -0.2) is 15.1 Å². The fourth-order valence-electron chi connectivity index (χ4n) is 2.26. The quantitative estimate of drug-likeness (QED) is 0.489. The van der Waals surface area contributed by atoms with Gasteiger partial charge in [0.05, 0.1) is 5.69 Å². The lowest BCUT2D eigenvalue weighted by Gasteiger charge is -2.12. The Kier molecular flexibility index (Phi) is 4.41. The first-order chi connectivity index (χ1) is 11.8. The number of thiocarbonyl (C=S) groups is 1. The molecule has 9 heteroatoms.